The molecule has 0 aliphatic carbocycles. The minimum Gasteiger partial charge on any atom is -0.365 e. The standard InChI is InChI=1S/C11H15ClN2O2/c1-3-8-13(4-2)11-9(12)6-5-7-10(11)14(15)16/h5-7H,3-4,8H2,1-2H3. The van der Waals surface area contributed by atoms with Gasteiger partial charge >= 0.3 is 0 Å². The number of halogens is 1. The Morgan fingerprint density at radius 3 is 2.62 bits per heavy atom. The molecular weight excluding hydrogens is 228 g/mol. The van der Waals surface area contributed by atoms with Crippen molar-refractivity contribution in [3.63, 3.8) is 0 Å². The Hall–Kier alpha value is -1.29. The molecule has 0 unspecified atom stereocenters. The van der Waals surface area contributed by atoms with Crippen molar-refractivity contribution in [3.8, 4) is 0 Å². The predicted octanol–water partition coefficient (Wildman–Crippen LogP) is 3.48. The third-order valence-electron chi connectivity index (χ3n) is 2.35. The van der Waals surface area contributed by atoms with E-state index in [9.17, 15) is 10.1 Å². The SMILES string of the molecule is CCCN(CC)c1c(Cl)cccc1[N+](=O)[O-]. The molecule has 0 N–H and O–H groups in total. The van der Waals surface area contributed by atoms with Crippen LogP contribution in [0.1, 0.15) is 20.3 Å². The second kappa shape index (κ2) is 5.70. The van der Waals surface area contributed by atoms with E-state index in [4.69, 9.17) is 11.6 Å². The summed E-state index contributed by atoms with van der Waals surface area (Å²) < 4.78 is 0. The lowest BCUT2D eigenvalue weighted by atomic mass is 10.2. The number of rotatable bonds is 5. The van der Waals surface area contributed by atoms with Crippen LogP contribution in [0.2, 0.25) is 5.02 Å². The molecule has 0 amide bonds. The Morgan fingerprint density at radius 2 is 2.12 bits per heavy atom. The highest BCUT2D eigenvalue weighted by Crippen LogP contribution is 2.35. The summed E-state index contributed by atoms with van der Waals surface area (Å²) in [5.41, 5.74) is 0.598. The van der Waals surface area contributed by atoms with Crippen molar-refractivity contribution < 1.29 is 4.92 Å². The van der Waals surface area contributed by atoms with E-state index >= 15 is 0 Å². The Labute approximate surface area is 100.0 Å². The maximum absolute atomic E-state index is 10.9. The first-order valence-corrected chi connectivity index (χ1v) is 5.67. The van der Waals surface area contributed by atoms with Crippen LogP contribution < -0.4 is 4.90 Å². The lowest BCUT2D eigenvalue weighted by Crippen LogP contribution is -2.24. The Bertz CT molecular complexity index is 382. The molecular formula is C11H15ClN2O2. The highest BCUT2D eigenvalue weighted by atomic mass is 35.5. The minimum atomic E-state index is -0.389. The van der Waals surface area contributed by atoms with Crippen LogP contribution in [0.4, 0.5) is 11.4 Å². The van der Waals surface area contributed by atoms with Crippen LogP contribution in [-0.4, -0.2) is 18.0 Å². The van der Waals surface area contributed by atoms with Crippen LogP contribution in [0.15, 0.2) is 18.2 Å². The lowest BCUT2D eigenvalue weighted by Gasteiger charge is -2.23. The summed E-state index contributed by atoms with van der Waals surface area (Å²) in [5, 5.41) is 11.4. The molecule has 0 aliphatic heterocycles. The Kier molecular flexibility index (Phi) is 4.55. The van der Waals surface area contributed by atoms with Gasteiger partial charge in [-0.25, -0.2) is 0 Å². The normalized spacial score (nSPS) is 10.2. The number of hydrogen-bond acceptors (Lipinski definition) is 3. The summed E-state index contributed by atoms with van der Waals surface area (Å²) in [4.78, 5) is 12.5. The van der Waals surface area contributed by atoms with Gasteiger partial charge in [-0.15, -0.1) is 0 Å². The minimum absolute atomic E-state index is 0.0720. The monoisotopic (exact) mass is 242 g/mol. The Balaban J connectivity index is 3.22. The van der Waals surface area contributed by atoms with E-state index < -0.39 is 0 Å². The lowest BCUT2D eigenvalue weighted by molar-refractivity contribution is -0.384. The van der Waals surface area contributed by atoms with Crippen LogP contribution in [-0.2, 0) is 0 Å². The number of para-hydroxylation sites is 1. The molecule has 16 heavy (non-hydrogen) atoms. The van der Waals surface area contributed by atoms with Crippen molar-refractivity contribution in [1.29, 1.82) is 0 Å². The van der Waals surface area contributed by atoms with Crippen molar-refractivity contribution in [1.82, 2.24) is 0 Å². The van der Waals surface area contributed by atoms with Gasteiger partial charge in [0.1, 0.15) is 5.69 Å². The van der Waals surface area contributed by atoms with Crippen LogP contribution in [0.5, 0.6) is 0 Å². The summed E-state index contributed by atoms with van der Waals surface area (Å²) in [7, 11) is 0. The van der Waals surface area contributed by atoms with E-state index in [2.05, 4.69) is 0 Å². The molecule has 0 radical (unpaired) electrons. The van der Waals surface area contributed by atoms with Gasteiger partial charge in [0.25, 0.3) is 5.69 Å². The maximum atomic E-state index is 10.9. The first-order chi connectivity index (χ1) is 7.61. The van der Waals surface area contributed by atoms with Crippen LogP contribution in [0.25, 0.3) is 0 Å². The van der Waals surface area contributed by atoms with Gasteiger partial charge in [0.15, 0.2) is 0 Å². The summed E-state index contributed by atoms with van der Waals surface area (Å²) in [6, 6.07) is 4.77. The summed E-state index contributed by atoms with van der Waals surface area (Å²) in [6.45, 7) is 5.47. The fourth-order valence-corrected chi connectivity index (χ4v) is 1.95. The zero-order valence-electron chi connectivity index (χ0n) is 9.44. The van der Waals surface area contributed by atoms with Gasteiger partial charge in [0.2, 0.25) is 0 Å². The van der Waals surface area contributed by atoms with E-state index in [1.54, 1.807) is 12.1 Å². The summed E-state index contributed by atoms with van der Waals surface area (Å²) >= 11 is 6.04. The zero-order chi connectivity index (χ0) is 12.1. The molecule has 5 heteroatoms. The van der Waals surface area contributed by atoms with Gasteiger partial charge in [-0.1, -0.05) is 24.6 Å². The fourth-order valence-electron chi connectivity index (χ4n) is 1.66. The predicted molar refractivity (Wildman–Crippen MR) is 66.3 cm³/mol. The van der Waals surface area contributed by atoms with Gasteiger partial charge in [-0.05, 0) is 19.4 Å². The molecule has 0 aromatic heterocycles. The second-order valence-corrected chi connectivity index (χ2v) is 3.85. The third kappa shape index (κ3) is 2.64. The molecule has 0 fully saturated rings. The van der Waals surface area contributed by atoms with Gasteiger partial charge < -0.3 is 4.90 Å². The third-order valence-corrected chi connectivity index (χ3v) is 2.66. The first kappa shape index (κ1) is 12.8. The highest BCUT2D eigenvalue weighted by Gasteiger charge is 2.20. The average molecular weight is 243 g/mol. The molecule has 0 atom stereocenters. The van der Waals surface area contributed by atoms with Crippen LogP contribution in [0.3, 0.4) is 0 Å². The van der Waals surface area contributed by atoms with E-state index in [1.165, 1.54) is 6.07 Å². The molecule has 0 bridgehead atoms. The van der Waals surface area contributed by atoms with E-state index in [1.807, 2.05) is 18.7 Å². The van der Waals surface area contributed by atoms with E-state index in [-0.39, 0.29) is 10.6 Å². The van der Waals surface area contributed by atoms with Crippen molar-refractivity contribution in [2.75, 3.05) is 18.0 Å². The quantitative estimate of drug-likeness (QED) is 0.587. The average Bonchev–Trinajstić information content (AvgIpc) is 2.26. The van der Waals surface area contributed by atoms with Gasteiger partial charge in [-0.2, -0.15) is 0 Å². The van der Waals surface area contributed by atoms with Crippen molar-refractivity contribution >= 4 is 23.0 Å². The molecule has 1 aromatic carbocycles. The van der Waals surface area contributed by atoms with Gasteiger partial charge in [-0.3, -0.25) is 10.1 Å². The maximum Gasteiger partial charge on any atom is 0.294 e. The topological polar surface area (TPSA) is 46.4 Å². The van der Waals surface area contributed by atoms with E-state index in [0.29, 0.717) is 17.3 Å². The van der Waals surface area contributed by atoms with Crippen molar-refractivity contribution in [2.45, 2.75) is 20.3 Å². The summed E-state index contributed by atoms with van der Waals surface area (Å²) in [6.07, 6.45) is 0.927. The molecule has 4 nitrogen and oxygen atoms in total. The smallest absolute Gasteiger partial charge is 0.294 e. The largest absolute Gasteiger partial charge is 0.365 e. The number of nitrogens with zero attached hydrogens (tertiary/aromatic N) is 2. The second-order valence-electron chi connectivity index (χ2n) is 3.44. The molecule has 0 heterocycles. The number of anilines is 1. The molecule has 0 aliphatic rings. The number of nitro groups is 1. The molecule has 0 spiro atoms. The zero-order valence-corrected chi connectivity index (χ0v) is 10.2. The molecule has 0 saturated carbocycles. The number of hydrogen-bond donors (Lipinski definition) is 0. The van der Waals surface area contributed by atoms with Crippen LogP contribution >= 0.6 is 11.6 Å². The van der Waals surface area contributed by atoms with Crippen LogP contribution in [0, 0.1) is 10.1 Å². The summed E-state index contributed by atoms with van der Waals surface area (Å²) in [5.74, 6) is 0. The van der Waals surface area contributed by atoms with E-state index in [0.717, 1.165) is 13.0 Å². The number of benzene rings is 1. The number of nitro benzene ring substituents is 1. The molecule has 88 valence electrons. The molecule has 0 saturated heterocycles. The van der Waals surface area contributed by atoms with Crippen molar-refractivity contribution in [2.24, 2.45) is 0 Å². The molecule has 1 aromatic rings. The van der Waals surface area contributed by atoms with Crippen molar-refractivity contribution in [3.05, 3.63) is 33.3 Å². The fraction of sp³-hybridized carbons (Fsp3) is 0.455. The Morgan fingerprint density at radius 1 is 1.44 bits per heavy atom. The first-order valence-electron chi connectivity index (χ1n) is 5.29. The molecule has 1 rings (SSSR count). The van der Waals surface area contributed by atoms with Gasteiger partial charge in [0, 0.05) is 19.2 Å². The van der Waals surface area contributed by atoms with Gasteiger partial charge in [0.05, 0.1) is 9.95 Å². The highest BCUT2D eigenvalue weighted by molar-refractivity contribution is 6.33.